The van der Waals surface area contributed by atoms with Crippen LogP contribution in [0.15, 0.2) is 30.3 Å². The van der Waals surface area contributed by atoms with Gasteiger partial charge in [0, 0.05) is 25.6 Å². The SMILES string of the molecule is NCC1CCCCN1C(=O)CCCc1ccccc1. The average molecular weight is 260 g/mol. The van der Waals surface area contributed by atoms with Crippen LogP contribution in [0.2, 0.25) is 0 Å². The van der Waals surface area contributed by atoms with E-state index in [2.05, 4.69) is 12.1 Å². The maximum Gasteiger partial charge on any atom is 0.222 e. The van der Waals surface area contributed by atoms with Gasteiger partial charge in [-0.1, -0.05) is 30.3 Å². The maximum absolute atomic E-state index is 12.2. The molecule has 1 aromatic carbocycles. The zero-order valence-electron chi connectivity index (χ0n) is 11.6. The number of aryl methyl sites for hydroxylation is 1. The third-order valence-corrected chi connectivity index (χ3v) is 3.92. The van der Waals surface area contributed by atoms with Crippen molar-refractivity contribution in [2.75, 3.05) is 13.1 Å². The molecule has 3 nitrogen and oxygen atoms in total. The summed E-state index contributed by atoms with van der Waals surface area (Å²) in [5, 5.41) is 0. The molecule has 2 rings (SSSR count). The Hall–Kier alpha value is -1.35. The number of rotatable bonds is 5. The number of piperidine rings is 1. The lowest BCUT2D eigenvalue weighted by atomic mass is 10.0. The van der Waals surface area contributed by atoms with E-state index in [9.17, 15) is 4.79 Å². The Labute approximate surface area is 115 Å². The van der Waals surface area contributed by atoms with Crippen LogP contribution in [-0.4, -0.2) is 29.9 Å². The summed E-state index contributed by atoms with van der Waals surface area (Å²) in [5.74, 6) is 0.283. The van der Waals surface area contributed by atoms with Gasteiger partial charge < -0.3 is 10.6 Å². The lowest BCUT2D eigenvalue weighted by Gasteiger charge is -2.35. The first-order valence-corrected chi connectivity index (χ1v) is 7.34. The van der Waals surface area contributed by atoms with Crippen LogP contribution >= 0.6 is 0 Å². The Bertz CT molecular complexity index is 391. The molecule has 0 aliphatic carbocycles. The van der Waals surface area contributed by atoms with Crippen molar-refractivity contribution in [2.24, 2.45) is 5.73 Å². The highest BCUT2D eigenvalue weighted by atomic mass is 16.2. The molecule has 0 radical (unpaired) electrons. The summed E-state index contributed by atoms with van der Waals surface area (Å²) in [6.07, 6.45) is 5.95. The van der Waals surface area contributed by atoms with Gasteiger partial charge >= 0.3 is 0 Å². The largest absolute Gasteiger partial charge is 0.338 e. The minimum Gasteiger partial charge on any atom is -0.338 e. The van der Waals surface area contributed by atoms with E-state index in [1.54, 1.807) is 0 Å². The standard InChI is InChI=1S/C16H24N2O/c17-13-15-10-4-5-12-18(15)16(19)11-6-9-14-7-2-1-3-8-14/h1-3,7-8,15H,4-6,9-13,17H2. The molecule has 0 saturated carbocycles. The monoisotopic (exact) mass is 260 g/mol. The Balaban J connectivity index is 1.77. The average Bonchev–Trinajstić information content (AvgIpc) is 2.48. The summed E-state index contributed by atoms with van der Waals surface area (Å²) in [5.41, 5.74) is 7.07. The van der Waals surface area contributed by atoms with Crippen LogP contribution in [0.25, 0.3) is 0 Å². The Morgan fingerprint density at radius 2 is 2.05 bits per heavy atom. The highest BCUT2D eigenvalue weighted by Gasteiger charge is 2.24. The van der Waals surface area contributed by atoms with Gasteiger partial charge in [0.1, 0.15) is 0 Å². The summed E-state index contributed by atoms with van der Waals surface area (Å²) < 4.78 is 0. The number of nitrogens with zero attached hydrogens (tertiary/aromatic N) is 1. The van der Waals surface area contributed by atoms with Crippen LogP contribution < -0.4 is 5.73 Å². The number of carbonyl (C=O) groups is 1. The van der Waals surface area contributed by atoms with Gasteiger partial charge in [-0.05, 0) is 37.7 Å². The van der Waals surface area contributed by atoms with Crippen molar-refractivity contribution in [3.63, 3.8) is 0 Å². The van der Waals surface area contributed by atoms with Gasteiger partial charge in [0.25, 0.3) is 0 Å². The molecule has 1 fully saturated rings. The van der Waals surface area contributed by atoms with Crippen molar-refractivity contribution in [3.8, 4) is 0 Å². The zero-order chi connectivity index (χ0) is 13.5. The minimum atomic E-state index is 0.276. The first-order valence-electron chi connectivity index (χ1n) is 7.34. The van der Waals surface area contributed by atoms with Gasteiger partial charge in [-0.2, -0.15) is 0 Å². The number of benzene rings is 1. The molecule has 1 unspecified atom stereocenters. The van der Waals surface area contributed by atoms with E-state index in [1.165, 1.54) is 12.0 Å². The minimum absolute atomic E-state index is 0.276. The molecular formula is C16H24N2O. The quantitative estimate of drug-likeness (QED) is 0.883. The molecule has 19 heavy (non-hydrogen) atoms. The van der Waals surface area contributed by atoms with Gasteiger partial charge in [0.05, 0.1) is 0 Å². The molecule has 1 amide bonds. The van der Waals surface area contributed by atoms with Gasteiger partial charge in [-0.25, -0.2) is 0 Å². The molecule has 0 spiro atoms. The van der Waals surface area contributed by atoms with E-state index in [4.69, 9.17) is 5.73 Å². The van der Waals surface area contributed by atoms with Crippen LogP contribution in [0, 0.1) is 0 Å². The topological polar surface area (TPSA) is 46.3 Å². The van der Waals surface area contributed by atoms with Crippen LogP contribution in [0.3, 0.4) is 0 Å². The molecular weight excluding hydrogens is 236 g/mol. The summed E-state index contributed by atoms with van der Waals surface area (Å²) >= 11 is 0. The molecule has 1 aliphatic rings. The van der Waals surface area contributed by atoms with Gasteiger partial charge in [0.2, 0.25) is 5.91 Å². The van der Waals surface area contributed by atoms with E-state index >= 15 is 0 Å². The highest BCUT2D eigenvalue weighted by Crippen LogP contribution is 2.18. The predicted octanol–water partition coefficient (Wildman–Crippen LogP) is 2.35. The van der Waals surface area contributed by atoms with Crippen molar-refractivity contribution in [1.82, 2.24) is 4.90 Å². The number of nitrogens with two attached hydrogens (primary N) is 1. The van der Waals surface area contributed by atoms with Crippen molar-refractivity contribution in [2.45, 2.75) is 44.6 Å². The lowest BCUT2D eigenvalue weighted by molar-refractivity contribution is -0.134. The normalized spacial score (nSPS) is 19.4. The highest BCUT2D eigenvalue weighted by molar-refractivity contribution is 5.76. The van der Waals surface area contributed by atoms with Crippen LogP contribution in [-0.2, 0) is 11.2 Å². The summed E-state index contributed by atoms with van der Waals surface area (Å²) in [6.45, 7) is 1.50. The lowest BCUT2D eigenvalue weighted by Crippen LogP contribution is -2.47. The second-order valence-corrected chi connectivity index (χ2v) is 5.31. The second-order valence-electron chi connectivity index (χ2n) is 5.31. The zero-order valence-corrected chi connectivity index (χ0v) is 11.6. The third-order valence-electron chi connectivity index (χ3n) is 3.92. The molecule has 2 N–H and O–H groups in total. The van der Waals surface area contributed by atoms with Crippen LogP contribution in [0.4, 0.5) is 0 Å². The van der Waals surface area contributed by atoms with Crippen molar-refractivity contribution >= 4 is 5.91 Å². The van der Waals surface area contributed by atoms with Crippen molar-refractivity contribution < 1.29 is 4.79 Å². The number of amides is 1. The van der Waals surface area contributed by atoms with Crippen LogP contribution in [0.5, 0.6) is 0 Å². The van der Waals surface area contributed by atoms with Crippen molar-refractivity contribution in [1.29, 1.82) is 0 Å². The molecule has 1 heterocycles. The first kappa shape index (κ1) is 14.1. The van der Waals surface area contributed by atoms with Gasteiger partial charge in [-0.3, -0.25) is 4.79 Å². The number of hydrogen-bond donors (Lipinski definition) is 1. The number of carbonyl (C=O) groups excluding carboxylic acids is 1. The Morgan fingerprint density at radius 1 is 1.26 bits per heavy atom. The molecule has 1 atom stereocenters. The second kappa shape index (κ2) is 7.29. The third kappa shape index (κ3) is 4.06. The van der Waals surface area contributed by atoms with Gasteiger partial charge in [-0.15, -0.1) is 0 Å². The fraction of sp³-hybridized carbons (Fsp3) is 0.562. The van der Waals surface area contributed by atoms with Crippen LogP contribution in [0.1, 0.15) is 37.7 Å². The molecule has 0 bridgehead atoms. The van der Waals surface area contributed by atoms with E-state index in [0.29, 0.717) is 13.0 Å². The van der Waals surface area contributed by atoms with E-state index in [0.717, 1.165) is 32.2 Å². The number of likely N-dealkylation sites (tertiary alicyclic amines) is 1. The first-order chi connectivity index (χ1) is 9.31. The summed E-state index contributed by atoms with van der Waals surface area (Å²) in [7, 11) is 0. The molecule has 1 aliphatic heterocycles. The van der Waals surface area contributed by atoms with Gasteiger partial charge in [0.15, 0.2) is 0 Å². The predicted molar refractivity (Wildman–Crippen MR) is 77.8 cm³/mol. The van der Waals surface area contributed by atoms with E-state index in [1.807, 2.05) is 23.1 Å². The molecule has 3 heteroatoms. The Morgan fingerprint density at radius 3 is 2.79 bits per heavy atom. The molecule has 0 aromatic heterocycles. The molecule has 1 aromatic rings. The molecule has 104 valence electrons. The Kier molecular flexibility index (Phi) is 5.40. The van der Waals surface area contributed by atoms with Crippen molar-refractivity contribution in [3.05, 3.63) is 35.9 Å². The summed E-state index contributed by atoms with van der Waals surface area (Å²) in [4.78, 5) is 14.2. The smallest absolute Gasteiger partial charge is 0.222 e. The van der Waals surface area contributed by atoms with E-state index in [-0.39, 0.29) is 11.9 Å². The number of hydrogen-bond acceptors (Lipinski definition) is 2. The fourth-order valence-electron chi connectivity index (χ4n) is 2.81. The maximum atomic E-state index is 12.2. The van der Waals surface area contributed by atoms with E-state index < -0.39 is 0 Å². The summed E-state index contributed by atoms with van der Waals surface area (Å²) in [6, 6.07) is 10.6. The fourth-order valence-corrected chi connectivity index (χ4v) is 2.81. The molecule has 1 saturated heterocycles.